The molecule has 0 aromatic heterocycles. The average molecular weight is 268 g/mol. The number of hydrogen-bond acceptors (Lipinski definition) is 3. The Kier molecular flexibility index (Phi) is 7.77. The maximum absolute atomic E-state index is 13.3. The van der Waals surface area contributed by atoms with Crippen LogP contribution in [0.5, 0.6) is 0 Å². The van der Waals surface area contributed by atoms with Gasteiger partial charge in [0.1, 0.15) is 5.82 Å². The lowest BCUT2D eigenvalue weighted by molar-refractivity contribution is -0.121. The monoisotopic (exact) mass is 268 g/mol. The summed E-state index contributed by atoms with van der Waals surface area (Å²) in [5, 5.41) is 5.84. The Morgan fingerprint density at radius 1 is 1.32 bits per heavy atom. The van der Waals surface area contributed by atoms with Gasteiger partial charge in [-0.15, -0.1) is 0 Å². The SMILES string of the molecule is COCCCNC(=O)CCNCc1ccccc1F. The van der Waals surface area contributed by atoms with Gasteiger partial charge in [-0.2, -0.15) is 0 Å². The van der Waals surface area contributed by atoms with Crippen LogP contribution in [-0.4, -0.2) is 32.7 Å². The maximum Gasteiger partial charge on any atom is 0.221 e. The van der Waals surface area contributed by atoms with Gasteiger partial charge in [-0.3, -0.25) is 4.79 Å². The second-order valence-corrected chi connectivity index (χ2v) is 4.21. The predicted molar refractivity (Wildman–Crippen MR) is 72.2 cm³/mol. The molecule has 0 unspecified atom stereocenters. The number of carbonyl (C=O) groups excluding carboxylic acids is 1. The van der Waals surface area contributed by atoms with Crippen LogP contribution in [0.1, 0.15) is 18.4 Å². The van der Waals surface area contributed by atoms with Crippen molar-refractivity contribution in [3.8, 4) is 0 Å². The molecule has 5 heteroatoms. The third-order valence-electron chi connectivity index (χ3n) is 2.65. The predicted octanol–water partition coefficient (Wildman–Crippen LogP) is 1.46. The summed E-state index contributed by atoms with van der Waals surface area (Å²) >= 11 is 0. The molecule has 0 aliphatic heterocycles. The van der Waals surface area contributed by atoms with Crippen molar-refractivity contribution >= 4 is 5.91 Å². The first-order chi connectivity index (χ1) is 9.24. The van der Waals surface area contributed by atoms with Crippen LogP contribution >= 0.6 is 0 Å². The minimum absolute atomic E-state index is 0.00265. The molecule has 0 radical (unpaired) electrons. The van der Waals surface area contributed by atoms with Crippen LogP contribution in [0.4, 0.5) is 4.39 Å². The molecule has 0 spiro atoms. The summed E-state index contributed by atoms with van der Waals surface area (Å²) in [5.41, 5.74) is 0.614. The van der Waals surface area contributed by atoms with Crippen molar-refractivity contribution in [1.29, 1.82) is 0 Å². The molecule has 1 aromatic rings. The van der Waals surface area contributed by atoms with E-state index in [-0.39, 0.29) is 11.7 Å². The molecule has 0 saturated carbocycles. The number of nitrogens with one attached hydrogen (secondary N) is 2. The van der Waals surface area contributed by atoms with Crippen molar-refractivity contribution in [3.63, 3.8) is 0 Å². The van der Waals surface area contributed by atoms with E-state index in [0.717, 1.165) is 6.42 Å². The topological polar surface area (TPSA) is 50.4 Å². The molecule has 0 fully saturated rings. The normalized spacial score (nSPS) is 10.4. The van der Waals surface area contributed by atoms with Crippen LogP contribution < -0.4 is 10.6 Å². The highest BCUT2D eigenvalue weighted by molar-refractivity contribution is 5.75. The number of carbonyl (C=O) groups is 1. The Morgan fingerprint density at radius 2 is 2.11 bits per heavy atom. The van der Waals surface area contributed by atoms with Crippen LogP contribution in [0.25, 0.3) is 0 Å². The summed E-state index contributed by atoms with van der Waals surface area (Å²) in [6.07, 6.45) is 1.20. The number of benzene rings is 1. The zero-order valence-corrected chi connectivity index (χ0v) is 11.2. The number of ether oxygens (including phenoxy) is 1. The molecule has 1 amide bonds. The maximum atomic E-state index is 13.3. The Labute approximate surface area is 113 Å². The molecule has 1 rings (SSSR count). The zero-order chi connectivity index (χ0) is 13.9. The van der Waals surface area contributed by atoms with Crippen LogP contribution in [-0.2, 0) is 16.1 Å². The van der Waals surface area contributed by atoms with Crippen LogP contribution in [0.15, 0.2) is 24.3 Å². The molecular weight excluding hydrogens is 247 g/mol. The summed E-state index contributed by atoms with van der Waals surface area (Å²) in [5.74, 6) is -0.226. The van der Waals surface area contributed by atoms with Crippen molar-refractivity contribution in [1.82, 2.24) is 10.6 Å². The zero-order valence-electron chi connectivity index (χ0n) is 11.2. The van der Waals surface area contributed by atoms with E-state index in [0.29, 0.717) is 38.2 Å². The van der Waals surface area contributed by atoms with E-state index in [9.17, 15) is 9.18 Å². The third-order valence-corrected chi connectivity index (χ3v) is 2.65. The standard InChI is InChI=1S/C14H21FN2O2/c1-19-10-4-8-17-14(18)7-9-16-11-12-5-2-3-6-13(12)15/h2-3,5-6,16H,4,7-11H2,1H3,(H,17,18). The van der Waals surface area contributed by atoms with Gasteiger partial charge in [0.25, 0.3) is 0 Å². The molecule has 2 N–H and O–H groups in total. The fraction of sp³-hybridized carbons (Fsp3) is 0.500. The number of amides is 1. The smallest absolute Gasteiger partial charge is 0.221 e. The van der Waals surface area contributed by atoms with Gasteiger partial charge in [0, 0.05) is 45.3 Å². The molecule has 0 bridgehead atoms. The van der Waals surface area contributed by atoms with Crippen molar-refractivity contribution in [2.45, 2.75) is 19.4 Å². The summed E-state index contributed by atoms with van der Waals surface area (Å²) < 4.78 is 18.2. The summed E-state index contributed by atoms with van der Waals surface area (Å²) in [6, 6.07) is 6.61. The first-order valence-electron chi connectivity index (χ1n) is 6.44. The molecule has 19 heavy (non-hydrogen) atoms. The minimum atomic E-state index is -0.223. The largest absolute Gasteiger partial charge is 0.385 e. The highest BCUT2D eigenvalue weighted by Gasteiger charge is 2.02. The van der Waals surface area contributed by atoms with Crippen LogP contribution in [0.3, 0.4) is 0 Å². The van der Waals surface area contributed by atoms with Gasteiger partial charge < -0.3 is 15.4 Å². The summed E-state index contributed by atoms with van der Waals surface area (Å²) in [4.78, 5) is 11.4. The van der Waals surface area contributed by atoms with E-state index in [1.54, 1.807) is 25.3 Å². The van der Waals surface area contributed by atoms with E-state index in [1.165, 1.54) is 6.07 Å². The third kappa shape index (κ3) is 6.88. The summed E-state index contributed by atoms with van der Waals surface area (Å²) in [6.45, 7) is 2.24. The van der Waals surface area contributed by atoms with E-state index >= 15 is 0 Å². The fourth-order valence-electron chi connectivity index (χ4n) is 1.60. The molecule has 1 aromatic carbocycles. The van der Waals surface area contributed by atoms with Gasteiger partial charge in [-0.05, 0) is 12.5 Å². The molecular formula is C14H21FN2O2. The Hall–Kier alpha value is -1.46. The Bertz CT molecular complexity index is 385. The highest BCUT2D eigenvalue weighted by atomic mass is 19.1. The quantitative estimate of drug-likeness (QED) is 0.667. The van der Waals surface area contributed by atoms with Crippen molar-refractivity contribution < 1.29 is 13.9 Å². The van der Waals surface area contributed by atoms with Crippen molar-refractivity contribution in [2.24, 2.45) is 0 Å². The van der Waals surface area contributed by atoms with E-state index < -0.39 is 0 Å². The molecule has 0 atom stereocenters. The Balaban J connectivity index is 2.07. The summed E-state index contributed by atoms with van der Waals surface area (Å²) in [7, 11) is 1.63. The molecule has 106 valence electrons. The fourth-order valence-corrected chi connectivity index (χ4v) is 1.60. The van der Waals surface area contributed by atoms with E-state index in [1.807, 2.05) is 0 Å². The van der Waals surface area contributed by atoms with Gasteiger partial charge in [0.05, 0.1) is 0 Å². The molecule has 0 saturated heterocycles. The highest BCUT2D eigenvalue weighted by Crippen LogP contribution is 2.05. The van der Waals surface area contributed by atoms with Crippen molar-refractivity contribution in [2.75, 3.05) is 26.8 Å². The van der Waals surface area contributed by atoms with E-state index in [2.05, 4.69) is 10.6 Å². The molecule has 0 aliphatic rings. The van der Waals surface area contributed by atoms with Crippen LogP contribution in [0.2, 0.25) is 0 Å². The molecule has 0 heterocycles. The minimum Gasteiger partial charge on any atom is -0.385 e. The number of hydrogen-bond donors (Lipinski definition) is 2. The second-order valence-electron chi connectivity index (χ2n) is 4.21. The van der Waals surface area contributed by atoms with Gasteiger partial charge in [0.2, 0.25) is 5.91 Å². The number of rotatable bonds is 9. The lowest BCUT2D eigenvalue weighted by atomic mass is 10.2. The van der Waals surface area contributed by atoms with Crippen molar-refractivity contribution in [3.05, 3.63) is 35.6 Å². The van der Waals surface area contributed by atoms with Gasteiger partial charge in [-0.25, -0.2) is 4.39 Å². The number of halogens is 1. The molecule has 0 aliphatic carbocycles. The van der Waals surface area contributed by atoms with Gasteiger partial charge >= 0.3 is 0 Å². The second kappa shape index (κ2) is 9.47. The van der Waals surface area contributed by atoms with E-state index in [4.69, 9.17) is 4.74 Å². The number of methoxy groups -OCH3 is 1. The lowest BCUT2D eigenvalue weighted by Gasteiger charge is -2.07. The lowest BCUT2D eigenvalue weighted by Crippen LogP contribution is -2.28. The van der Waals surface area contributed by atoms with Crippen LogP contribution in [0, 0.1) is 5.82 Å². The van der Waals surface area contributed by atoms with Gasteiger partial charge in [0.15, 0.2) is 0 Å². The molecule has 4 nitrogen and oxygen atoms in total. The first kappa shape index (κ1) is 15.6. The Morgan fingerprint density at radius 3 is 2.84 bits per heavy atom. The van der Waals surface area contributed by atoms with Gasteiger partial charge in [-0.1, -0.05) is 18.2 Å². The first-order valence-corrected chi connectivity index (χ1v) is 6.44. The average Bonchev–Trinajstić information content (AvgIpc) is 2.41.